The molecule has 0 spiro atoms. The number of unbranched alkanes of at least 4 members (excludes halogenated alkanes) is 14. The summed E-state index contributed by atoms with van der Waals surface area (Å²) >= 11 is 0. The fraction of sp³-hybridized carbons (Fsp3) is 1.00. The topological polar surface area (TPSA) is 34.3 Å². The number of rotatable bonds is 18. The largest absolute Gasteiger partial charge is 0.376 e. The zero-order chi connectivity index (χ0) is 18.7. The molecule has 0 N–H and O–H groups in total. The summed E-state index contributed by atoms with van der Waals surface area (Å²) in [6.45, 7) is 7.85. The first-order valence-corrected chi connectivity index (χ1v) is 11.7. The summed E-state index contributed by atoms with van der Waals surface area (Å²) in [6, 6.07) is 0. The van der Waals surface area contributed by atoms with Gasteiger partial charge in [-0.15, -0.1) is 0 Å². The lowest BCUT2D eigenvalue weighted by molar-refractivity contribution is 0.102. The van der Waals surface area contributed by atoms with Gasteiger partial charge in [0.05, 0.1) is 26.4 Å². The van der Waals surface area contributed by atoms with Crippen molar-refractivity contribution in [3.05, 3.63) is 0 Å². The third kappa shape index (κ3) is 18.7. The van der Waals surface area contributed by atoms with Crippen LogP contribution in [0, 0.1) is 0 Å². The van der Waals surface area contributed by atoms with Crippen LogP contribution in [0.2, 0.25) is 0 Å². The van der Waals surface area contributed by atoms with Crippen molar-refractivity contribution in [1.82, 2.24) is 0 Å². The summed E-state index contributed by atoms with van der Waals surface area (Å²) in [5.41, 5.74) is 0. The normalized spacial score (nSPS) is 20.5. The predicted octanol–water partition coefficient (Wildman–Crippen LogP) is 6.68. The number of hydrogen-bond donors (Lipinski definition) is 0. The lowest BCUT2D eigenvalue weighted by atomic mass is 10.0. The van der Waals surface area contributed by atoms with Crippen LogP contribution < -0.4 is 0 Å². The van der Waals surface area contributed by atoms with E-state index in [0.29, 0.717) is 12.2 Å². The van der Waals surface area contributed by atoms with Crippen molar-refractivity contribution in [2.45, 2.75) is 122 Å². The van der Waals surface area contributed by atoms with Crippen molar-refractivity contribution >= 4 is 0 Å². The second-order valence-corrected chi connectivity index (χ2v) is 8.04. The summed E-state index contributed by atoms with van der Waals surface area (Å²) in [6.07, 6.45) is 22.7. The van der Waals surface area contributed by atoms with Gasteiger partial charge in [-0.3, -0.25) is 0 Å². The minimum atomic E-state index is 0.392. The molecule has 2 aliphatic rings. The van der Waals surface area contributed by atoms with Crippen LogP contribution in [0.15, 0.2) is 0 Å². The van der Waals surface area contributed by atoms with E-state index in [1.54, 1.807) is 0 Å². The Kier molecular flexibility index (Phi) is 16.8. The van der Waals surface area contributed by atoms with Gasteiger partial charge in [0.2, 0.25) is 0 Å². The molecule has 2 heterocycles. The molecule has 2 atom stereocenters. The molecule has 0 aromatic rings. The molecule has 3 nitrogen and oxygen atoms in total. The molecule has 0 bridgehead atoms. The molecule has 2 aliphatic heterocycles. The molecular formula is C23H46O3. The van der Waals surface area contributed by atoms with Gasteiger partial charge in [-0.1, -0.05) is 110 Å². The third-order valence-corrected chi connectivity index (χ3v) is 5.12. The zero-order valence-corrected chi connectivity index (χ0v) is 17.8. The minimum absolute atomic E-state index is 0.392. The molecule has 0 radical (unpaired) electrons. The molecule has 0 aliphatic carbocycles. The Balaban J connectivity index is 0.000000308. The second kappa shape index (κ2) is 18.3. The van der Waals surface area contributed by atoms with E-state index in [9.17, 15) is 0 Å². The number of ether oxygens (including phenoxy) is 3. The molecule has 2 rings (SSSR count). The molecule has 26 heavy (non-hydrogen) atoms. The van der Waals surface area contributed by atoms with Crippen LogP contribution in [-0.2, 0) is 14.2 Å². The van der Waals surface area contributed by atoms with Gasteiger partial charge < -0.3 is 14.2 Å². The fourth-order valence-corrected chi connectivity index (χ4v) is 3.10. The molecule has 0 amide bonds. The lowest BCUT2D eigenvalue weighted by Gasteiger charge is -2.02. The molecular weight excluding hydrogens is 324 g/mol. The Bertz CT molecular complexity index is 249. The molecule has 0 saturated carbocycles. The summed E-state index contributed by atoms with van der Waals surface area (Å²) in [5, 5.41) is 0. The van der Waals surface area contributed by atoms with Crippen molar-refractivity contribution in [3.8, 4) is 0 Å². The van der Waals surface area contributed by atoms with Gasteiger partial charge in [-0.2, -0.15) is 0 Å². The highest BCUT2D eigenvalue weighted by Crippen LogP contribution is 2.13. The number of hydrogen-bond acceptors (Lipinski definition) is 3. The third-order valence-electron chi connectivity index (χ3n) is 5.12. The van der Waals surface area contributed by atoms with E-state index >= 15 is 0 Å². The van der Waals surface area contributed by atoms with Gasteiger partial charge in [0.15, 0.2) is 0 Å². The summed E-state index contributed by atoms with van der Waals surface area (Å²) in [5.74, 6) is 0. The Morgan fingerprint density at radius 3 is 1.04 bits per heavy atom. The van der Waals surface area contributed by atoms with Crippen LogP contribution in [0.4, 0.5) is 0 Å². The maximum absolute atomic E-state index is 5.23. The Morgan fingerprint density at radius 2 is 0.808 bits per heavy atom. The first-order valence-electron chi connectivity index (χ1n) is 11.7. The van der Waals surface area contributed by atoms with E-state index < -0.39 is 0 Å². The summed E-state index contributed by atoms with van der Waals surface area (Å²) in [7, 11) is 0. The highest BCUT2D eigenvalue weighted by atomic mass is 16.6. The molecule has 2 saturated heterocycles. The van der Waals surface area contributed by atoms with E-state index in [2.05, 4.69) is 13.8 Å². The minimum Gasteiger partial charge on any atom is -0.376 e. The summed E-state index contributed by atoms with van der Waals surface area (Å²) < 4.78 is 15.1. The highest BCUT2D eigenvalue weighted by Gasteiger charge is 2.26. The summed E-state index contributed by atoms with van der Waals surface area (Å²) in [4.78, 5) is 0. The maximum Gasteiger partial charge on any atom is 0.104 e. The molecule has 3 heteroatoms. The van der Waals surface area contributed by atoms with Crippen molar-refractivity contribution in [3.63, 3.8) is 0 Å². The van der Waals surface area contributed by atoms with Gasteiger partial charge in [-0.05, 0) is 0 Å². The average Bonchev–Trinajstić information content (AvgIpc) is 3.55. The van der Waals surface area contributed by atoms with Gasteiger partial charge in [-0.25, -0.2) is 0 Å². The molecule has 0 aromatic carbocycles. The van der Waals surface area contributed by atoms with Crippen LogP contribution in [-0.4, -0.2) is 38.6 Å². The molecule has 2 fully saturated rings. The smallest absolute Gasteiger partial charge is 0.104 e. The van der Waals surface area contributed by atoms with Gasteiger partial charge in [0.25, 0.3) is 0 Å². The molecule has 0 aromatic heterocycles. The fourth-order valence-electron chi connectivity index (χ4n) is 3.10. The monoisotopic (exact) mass is 370 g/mol. The van der Waals surface area contributed by atoms with Gasteiger partial charge >= 0.3 is 0 Å². The van der Waals surface area contributed by atoms with E-state index in [0.717, 1.165) is 26.4 Å². The van der Waals surface area contributed by atoms with Crippen molar-refractivity contribution in [2.24, 2.45) is 0 Å². The van der Waals surface area contributed by atoms with Crippen LogP contribution in [0.5, 0.6) is 0 Å². The Labute approximate surface area is 163 Å². The van der Waals surface area contributed by atoms with E-state index in [4.69, 9.17) is 14.2 Å². The van der Waals surface area contributed by atoms with E-state index in [1.165, 1.54) is 96.3 Å². The van der Waals surface area contributed by atoms with Gasteiger partial charge in [0, 0.05) is 0 Å². The van der Waals surface area contributed by atoms with E-state index in [1.807, 2.05) is 0 Å². The van der Waals surface area contributed by atoms with Crippen LogP contribution in [0.3, 0.4) is 0 Å². The van der Waals surface area contributed by atoms with E-state index in [-0.39, 0.29) is 0 Å². The average molecular weight is 371 g/mol. The highest BCUT2D eigenvalue weighted by molar-refractivity contribution is 4.71. The molecule has 2 unspecified atom stereocenters. The zero-order valence-electron chi connectivity index (χ0n) is 17.8. The first kappa shape index (κ1) is 23.9. The Morgan fingerprint density at radius 1 is 0.538 bits per heavy atom. The van der Waals surface area contributed by atoms with Crippen LogP contribution in [0.25, 0.3) is 0 Å². The van der Waals surface area contributed by atoms with Crippen LogP contribution >= 0.6 is 0 Å². The lowest BCUT2D eigenvalue weighted by Crippen LogP contribution is -2.06. The Hall–Kier alpha value is -0.120. The SMILES string of the molecule is C(OCC1CO1)C1CO1.CCCCCCCCCCCCCCCCC. The predicted molar refractivity (Wildman–Crippen MR) is 111 cm³/mol. The first-order chi connectivity index (χ1) is 12.9. The second-order valence-electron chi connectivity index (χ2n) is 8.04. The maximum atomic E-state index is 5.23. The van der Waals surface area contributed by atoms with Crippen LogP contribution in [0.1, 0.15) is 110 Å². The number of epoxide rings is 2. The van der Waals surface area contributed by atoms with Gasteiger partial charge in [0.1, 0.15) is 12.2 Å². The van der Waals surface area contributed by atoms with Crippen molar-refractivity contribution in [2.75, 3.05) is 26.4 Å². The quantitative estimate of drug-likeness (QED) is 0.199. The van der Waals surface area contributed by atoms with Crippen molar-refractivity contribution < 1.29 is 14.2 Å². The molecule has 156 valence electrons. The standard InChI is InChI=1S/C17H36.C6H10O3/c1-3-5-7-9-11-13-15-17-16-14-12-10-8-6-4-2;1(5-3-8-5)7-2-6-4-9-6/h3-17H2,1-2H3;5-6H,1-4H2. The van der Waals surface area contributed by atoms with Crippen molar-refractivity contribution in [1.29, 1.82) is 0 Å².